The minimum atomic E-state index is -0.851. The van der Waals surface area contributed by atoms with E-state index in [4.69, 9.17) is 5.11 Å². The first kappa shape index (κ1) is 16.9. The first-order chi connectivity index (χ1) is 8.32. The number of hydrogen-bond acceptors (Lipinski definition) is 3. The van der Waals surface area contributed by atoms with E-state index >= 15 is 0 Å². The monoisotopic (exact) mass is 258 g/mol. The predicted octanol–water partition coefficient (Wildman–Crippen LogP) is 1.19. The van der Waals surface area contributed by atoms with Crippen LogP contribution >= 0.6 is 0 Å². The van der Waals surface area contributed by atoms with Crippen LogP contribution < -0.4 is 5.32 Å². The molecular weight excluding hydrogens is 232 g/mol. The lowest BCUT2D eigenvalue weighted by molar-refractivity contribution is -0.137. The number of nitrogens with zero attached hydrogens (tertiary/aromatic N) is 1. The number of carboxylic acids is 1. The van der Waals surface area contributed by atoms with Crippen LogP contribution in [0.15, 0.2) is 0 Å². The fourth-order valence-electron chi connectivity index (χ4n) is 1.66. The van der Waals surface area contributed by atoms with Crippen LogP contribution in [-0.2, 0) is 9.59 Å². The van der Waals surface area contributed by atoms with E-state index < -0.39 is 5.97 Å². The maximum absolute atomic E-state index is 12.0. The number of carboxylic acid groups (broad SMARTS) is 1. The number of amides is 1. The van der Waals surface area contributed by atoms with Gasteiger partial charge in [-0.3, -0.25) is 9.59 Å². The molecule has 0 spiro atoms. The summed E-state index contributed by atoms with van der Waals surface area (Å²) in [5, 5.41) is 11.4. The van der Waals surface area contributed by atoms with Gasteiger partial charge in [-0.2, -0.15) is 0 Å². The zero-order chi connectivity index (χ0) is 14.1. The topological polar surface area (TPSA) is 69.6 Å². The van der Waals surface area contributed by atoms with Crippen molar-refractivity contribution in [2.45, 2.75) is 34.1 Å². The summed E-state index contributed by atoms with van der Waals surface area (Å²) >= 11 is 0. The molecule has 0 saturated heterocycles. The first-order valence-electron chi connectivity index (χ1n) is 6.53. The van der Waals surface area contributed by atoms with Crippen LogP contribution in [0.25, 0.3) is 0 Å². The highest BCUT2D eigenvalue weighted by atomic mass is 16.4. The first-order valence-corrected chi connectivity index (χ1v) is 6.53. The molecule has 0 rings (SSSR count). The Balaban J connectivity index is 4.08. The quantitative estimate of drug-likeness (QED) is 0.610. The molecule has 5 heteroatoms. The number of carbonyl (C=O) groups excluding carboxylic acids is 1. The van der Waals surface area contributed by atoms with Gasteiger partial charge in [0.25, 0.3) is 0 Å². The van der Waals surface area contributed by atoms with Crippen molar-refractivity contribution in [1.82, 2.24) is 10.2 Å². The summed E-state index contributed by atoms with van der Waals surface area (Å²) in [6.45, 7) is 10.4. The van der Waals surface area contributed by atoms with Gasteiger partial charge in [0.15, 0.2) is 0 Å². The summed E-state index contributed by atoms with van der Waals surface area (Å²) in [7, 11) is 0. The molecule has 0 bridgehead atoms. The minimum Gasteiger partial charge on any atom is -0.481 e. The van der Waals surface area contributed by atoms with Crippen LogP contribution in [0.2, 0.25) is 0 Å². The van der Waals surface area contributed by atoms with Crippen LogP contribution in [0, 0.1) is 11.8 Å². The molecule has 1 amide bonds. The van der Waals surface area contributed by atoms with E-state index in [1.807, 2.05) is 4.90 Å². The lowest BCUT2D eigenvalue weighted by Gasteiger charge is -2.26. The Hall–Kier alpha value is -1.10. The molecule has 0 radical (unpaired) electrons. The third-order valence-electron chi connectivity index (χ3n) is 2.32. The standard InChI is InChI=1S/C13H26N2O3/c1-10(2)8-15(9-11(3)4)12(16)7-14-6-5-13(17)18/h10-11,14H,5-9H2,1-4H3,(H,17,18). The van der Waals surface area contributed by atoms with Crippen molar-refractivity contribution in [1.29, 1.82) is 0 Å². The molecule has 0 aliphatic carbocycles. The average molecular weight is 258 g/mol. The highest BCUT2D eigenvalue weighted by molar-refractivity contribution is 5.78. The molecule has 0 atom stereocenters. The molecule has 18 heavy (non-hydrogen) atoms. The van der Waals surface area contributed by atoms with Gasteiger partial charge in [-0.05, 0) is 11.8 Å². The minimum absolute atomic E-state index is 0.0433. The molecule has 0 aromatic heterocycles. The van der Waals surface area contributed by atoms with Gasteiger partial charge in [-0.1, -0.05) is 27.7 Å². The van der Waals surface area contributed by atoms with Crippen molar-refractivity contribution in [3.63, 3.8) is 0 Å². The second-order valence-electron chi connectivity index (χ2n) is 5.41. The molecule has 106 valence electrons. The normalized spacial score (nSPS) is 11.0. The van der Waals surface area contributed by atoms with E-state index in [1.54, 1.807) is 0 Å². The van der Waals surface area contributed by atoms with Crippen molar-refractivity contribution >= 4 is 11.9 Å². The Bertz CT molecular complexity index is 255. The third kappa shape index (κ3) is 8.98. The molecule has 0 aromatic carbocycles. The van der Waals surface area contributed by atoms with Crippen molar-refractivity contribution in [3.05, 3.63) is 0 Å². The van der Waals surface area contributed by atoms with Crippen LogP contribution in [0.5, 0.6) is 0 Å². The lowest BCUT2D eigenvalue weighted by Crippen LogP contribution is -2.42. The van der Waals surface area contributed by atoms with Gasteiger partial charge in [0.2, 0.25) is 5.91 Å². The van der Waals surface area contributed by atoms with E-state index in [0.29, 0.717) is 18.4 Å². The Labute approximate surface area is 110 Å². The maximum Gasteiger partial charge on any atom is 0.304 e. The second-order valence-corrected chi connectivity index (χ2v) is 5.41. The van der Waals surface area contributed by atoms with Gasteiger partial charge >= 0.3 is 5.97 Å². The van der Waals surface area contributed by atoms with Crippen LogP contribution in [0.4, 0.5) is 0 Å². The van der Waals surface area contributed by atoms with Gasteiger partial charge < -0.3 is 15.3 Å². The number of rotatable bonds is 9. The lowest BCUT2D eigenvalue weighted by atomic mass is 10.1. The number of aliphatic carboxylic acids is 1. The van der Waals surface area contributed by atoms with Crippen LogP contribution in [0.1, 0.15) is 34.1 Å². The molecule has 5 nitrogen and oxygen atoms in total. The second kappa shape index (κ2) is 8.91. The summed E-state index contributed by atoms with van der Waals surface area (Å²) in [6.07, 6.45) is 0.0433. The molecule has 0 saturated carbocycles. The van der Waals surface area contributed by atoms with E-state index in [9.17, 15) is 9.59 Å². The van der Waals surface area contributed by atoms with Gasteiger partial charge in [-0.25, -0.2) is 0 Å². The van der Waals surface area contributed by atoms with Crippen LogP contribution in [0.3, 0.4) is 0 Å². The summed E-state index contributed by atoms with van der Waals surface area (Å²) < 4.78 is 0. The molecule has 0 heterocycles. The molecule has 0 aliphatic heterocycles. The molecule has 2 N–H and O–H groups in total. The number of carbonyl (C=O) groups is 2. The molecule has 0 fully saturated rings. The SMILES string of the molecule is CC(C)CN(CC(C)C)C(=O)CNCCC(=O)O. The van der Waals surface area contributed by atoms with E-state index in [2.05, 4.69) is 33.0 Å². The Kier molecular flexibility index (Phi) is 8.37. The maximum atomic E-state index is 12.0. The Morgan fingerprint density at radius 1 is 1.11 bits per heavy atom. The van der Waals surface area contributed by atoms with Crippen molar-refractivity contribution < 1.29 is 14.7 Å². The fraction of sp³-hybridized carbons (Fsp3) is 0.846. The number of nitrogens with one attached hydrogen (secondary N) is 1. The molecule has 0 aliphatic rings. The largest absolute Gasteiger partial charge is 0.481 e. The third-order valence-corrected chi connectivity index (χ3v) is 2.32. The van der Waals surface area contributed by atoms with Gasteiger partial charge in [0, 0.05) is 19.6 Å². The van der Waals surface area contributed by atoms with E-state index in [-0.39, 0.29) is 18.9 Å². The summed E-state index contributed by atoms with van der Waals surface area (Å²) in [6, 6.07) is 0. The van der Waals surface area contributed by atoms with E-state index in [0.717, 1.165) is 13.1 Å². The van der Waals surface area contributed by atoms with Crippen LogP contribution in [-0.4, -0.2) is 48.1 Å². The predicted molar refractivity (Wildman–Crippen MR) is 71.4 cm³/mol. The summed E-state index contributed by atoms with van der Waals surface area (Å²) in [5.41, 5.74) is 0. The Morgan fingerprint density at radius 3 is 2.00 bits per heavy atom. The number of hydrogen-bond donors (Lipinski definition) is 2. The van der Waals surface area contributed by atoms with Crippen molar-refractivity contribution in [2.24, 2.45) is 11.8 Å². The van der Waals surface area contributed by atoms with Crippen molar-refractivity contribution in [2.75, 3.05) is 26.2 Å². The highest BCUT2D eigenvalue weighted by Crippen LogP contribution is 2.03. The summed E-state index contributed by atoms with van der Waals surface area (Å²) in [5.74, 6) is 0.0670. The van der Waals surface area contributed by atoms with Gasteiger partial charge in [0.1, 0.15) is 0 Å². The molecular formula is C13H26N2O3. The van der Waals surface area contributed by atoms with Crippen molar-refractivity contribution in [3.8, 4) is 0 Å². The average Bonchev–Trinajstić information content (AvgIpc) is 2.21. The van der Waals surface area contributed by atoms with Gasteiger partial charge in [-0.15, -0.1) is 0 Å². The zero-order valence-electron chi connectivity index (χ0n) is 11.9. The zero-order valence-corrected chi connectivity index (χ0v) is 11.9. The Morgan fingerprint density at radius 2 is 1.61 bits per heavy atom. The summed E-state index contributed by atoms with van der Waals surface area (Å²) in [4.78, 5) is 24.2. The van der Waals surface area contributed by atoms with Gasteiger partial charge in [0.05, 0.1) is 13.0 Å². The molecule has 0 unspecified atom stereocenters. The molecule has 0 aromatic rings. The highest BCUT2D eigenvalue weighted by Gasteiger charge is 2.15. The fourth-order valence-corrected chi connectivity index (χ4v) is 1.66. The smallest absolute Gasteiger partial charge is 0.304 e. The van der Waals surface area contributed by atoms with E-state index in [1.165, 1.54) is 0 Å².